The summed E-state index contributed by atoms with van der Waals surface area (Å²) in [6.45, 7) is -0.584. The molecule has 0 unspecified atom stereocenters. The summed E-state index contributed by atoms with van der Waals surface area (Å²) in [6.07, 6.45) is -4.69. The van der Waals surface area contributed by atoms with Crippen molar-refractivity contribution in [2.45, 2.75) is 17.6 Å². The maximum atomic E-state index is 13.3. The van der Waals surface area contributed by atoms with Crippen LogP contribution in [0.5, 0.6) is 0 Å². The van der Waals surface area contributed by atoms with Gasteiger partial charge in [0, 0.05) is 26.2 Å². The van der Waals surface area contributed by atoms with Crippen molar-refractivity contribution >= 4 is 32.2 Å². The predicted molar refractivity (Wildman–Crippen MR) is 101 cm³/mol. The first kappa shape index (κ1) is 20.2. The quantitative estimate of drug-likeness (QED) is 0.514. The number of aromatic nitrogens is 3. The lowest BCUT2D eigenvalue weighted by molar-refractivity contribution is -0.146. The SMILES string of the molecule is Cn1c(=O)oc2cc(S(=O)(=O)NCCn3c(C(F)(F)F)nc4ccccc43)ccc21. The highest BCUT2D eigenvalue weighted by Crippen LogP contribution is 2.31. The third-order valence-electron chi connectivity index (χ3n) is 4.61. The first-order chi connectivity index (χ1) is 14.1. The first-order valence-corrected chi connectivity index (χ1v) is 10.2. The van der Waals surface area contributed by atoms with E-state index in [1.807, 2.05) is 0 Å². The van der Waals surface area contributed by atoms with Crippen LogP contribution in [-0.4, -0.2) is 29.1 Å². The molecule has 0 aliphatic rings. The van der Waals surface area contributed by atoms with Crippen molar-refractivity contribution in [3.05, 3.63) is 58.8 Å². The minimum absolute atomic E-state index is 0.0883. The number of nitrogens with one attached hydrogen (secondary N) is 1. The zero-order valence-corrected chi connectivity index (χ0v) is 16.3. The predicted octanol–water partition coefficient (Wildman–Crippen LogP) is 2.48. The van der Waals surface area contributed by atoms with Gasteiger partial charge >= 0.3 is 11.9 Å². The highest BCUT2D eigenvalue weighted by molar-refractivity contribution is 7.89. The van der Waals surface area contributed by atoms with Crippen molar-refractivity contribution < 1.29 is 26.0 Å². The summed E-state index contributed by atoms with van der Waals surface area (Å²) >= 11 is 0. The Kier molecular flexibility index (Phi) is 4.70. The van der Waals surface area contributed by atoms with Gasteiger partial charge in [-0.2, -0.15) is 13.2 Å². The van der Waals surface area contributed by atoms with Gasteiger partial charge in [0.1, 0.15) is 0 Å². The molecule has 0 spiro atoms. The van der Waals surface area contributed by atoms with E-state index < -0.39 is 27.8 Å². The fraction of sp³-hybridized carbons (Fsp3) is 0.222. The molecule has 0 saturated carbocycles. The smallest absolute Gasteiger partial charge is 0.408 e. The summed E-state index contributed by atoms with van der Waals surface area (Å²) < 4.78 is 74.5. The second kappa shape index (κ2) is 6.99. The normalized spacial score (nSPS) is 12.8. The van der Waals surface area contributed by atoms with Crippen LogP contribution in [0.4, 0.5) is 13.2 Å². The van der Waals surface area contributed by atoms with Crippen LogP contribution in [0.2, 0.25) is 0 Å². The number of oxazole rings is 1. The number of nitrogens with zero attached hydrogens (tertiary/aromatic N) is 3. The molecule has 0 bridgehead atoms. The first-order valence-electron chi connectivity index (χ1n) is 8.69. The number of fused-ring (bicyclic) bond motifs is 2. The lowest BCUT2D eigenvalue weighted by Gasteiger charge is -2.12. The Hall–Kier alpha value is -3.12. The third-order valence-corrected chi connectivity index (χ3v) is 6.07. The van der Waals surface area contributed by atoms with Crippen LogP contribution in [0, 0.1) is 0 Å². The molecule has 1 N–H and O–H groups in total. The standard InChI is InChI=1S/C18H15F3N4O4S/c1-24-14-7-6-11(10-15(14)29-17(24)26)30(27,28)22-8-9-25-13-5-3-2-4-12(13)23-16(25)18(19,20)21/h2-7,10,22H,8-9H2,1H3. The monoisotopic (exact) mass is 440 g/mol. The Balaban J connectivity index is 1.59. The number of hydrogen-bond acceptors (Lipinski definition) is 5. The number of sulfonamides is 1. The third kappa shape index (κ3) is 3.48. The molecule has 158 valence electrons. The van der Waals surface area contributed by atoms with Gasteiger partial charge in [-0.05, 0) is 24.3 Å². The van der Waals surface area contributed by atoms with Crippen molar-refractivity contribution in [3.8, 4) is 0 Å². The highest BCUT2D eigenvalue weighted by atomic mass is 32.2. The van der Waals surface area contributed by atoms with Crippen LogP contribution in [0.25, 0.3) is 22.1 Å². The number of para-hydroxylation sites is 2. The van der Waals surface area contributed by atoms with Crippen LogP contribution in [0.15, 0.2) is 56.6 Å². The van der Waals surface area contributed by atoms with Crippen LogP contribution in [-0.2, 0) is 29.8 Å². The van der Waals surface area contributed by atoms with Crippen LogP contribution >= 0.6 is 0 Å². The zero-order valence-electron chi connectivity index (χ0n) is 15.5. The Morgan fingerprint density at radius 2 is 1.87 bits per heavy atom. The van der Waals surface area contributed by atoms with E-state index in [4.69, 9.17) is 4.42 Å². The minimum atomic E-state index is -4.69. The van der Waals surface area contributed by atoms with Crippen molar-refractivity contribution in [1.29, 1.82) is 0 Å². The summed E-state index contributed by atoms with van der Waals surface area (Å²) in [7, 11) is -2.57. The molecule has 0 fully saturated rings. The highest BCUT2D eigenvalue weighted by Gasteiger charge is 2.37. The zero-order chi connectivity index (χ0) is 21.7. The molecule has 0 aliphatic carbocycles. The van der Waals surface area contributed by atoms with Crippen LogP contribution in [0.1, 0.15) is 5.82 Å². The molecule has 0 amide bonds. The van der Waals surface area contributed by atoms with Gasteiger partial charge in [0.05, 0.1) is 21.4 Å². The molecule has 4 rings (SSSR count). The Labute approximate surface area is 167 Å². The van der Waals surface area contributed by atoms with E-state index in [0.717, 1.165) is 4.57 Å². The summed E-state index contributed by atoms with van der Waals surface area (Å²) in [5, 5.41) is 0. The summed E-state index contributed by atoms with van der Waals surface area (Å²) in [5.41, 5.74) is 0.915. The van der Waals surface area contributed by atoms with Crippen molar-refractivity contribution in [2.75, 3.05) is 6.54 Å². The molecule has 0 atom stereocenters. The van der Waals surface area contributed by atoms with Gasteiger partial charge in [0.25, 0.3) is 0 Å². The number of alkyl halides is 3. The summed E-state index contributed by atoms with van der Waals surface area (Å²) in [4.78, 5) is 15.0. The van der Waals surface area contributed by atoms with Gasteiger partial charge in [-0.15, -0.1) is 0 Å². The fourth-order valence-corrected chi connectivity index (χ4v) is 4.21. The van der Waals surface area contributed by atoms with Crippen molar-refractivity contribution in [3.63, 3.8) is 0 Å². The average Bonchev–Trinajstić information content (AvgIpc) is 3.19. The maximum Gasteiger partial charge on any atom is 0.449 e. The molecule has 2 aromatic carbocycles. The number of halogens is 3. The van der Waals surface area contributed by atoms with Gasteiger partial charge < -0.3 is 8.98 Å². The van der Waals surface area contributed by atoms with E-state index in [0.29, 0.717) is 5.52 Å². The number of imidazole rings is 1. The van der Waals surface area contributed by atoms with Crippen molar-refractivity contribution in [2.24, 2.45) is 7.05 Å². The molecular formula is C18H15F3N4O4S. The molecule has 2 heterocycles. The lowest BCUT2D eigenvalue weighted by atomic mass is 10.3. The van der Waals surface area contributed by atoms with Crippen LogP contribution < -0.4 is 10.5 Å². The number of benzene rings is 2. The van der Waals surface area contributed by atoms with Gasteiger partial charge in [-0.1, -0.05) is 12.1 Å². The molecule has 0 saturated heterocycles. The largest absolute Gasteiger partial charge is 0.449 e. The molecule has 12 heteroatoms. The van der Waals surface area contributed by atoms with Gasteiger partial charge in [0.2, 0.25) is 15.8 Å². The van der Waals surface area contributed by atoms with Gasteiger partial charge in [-0.25, -0.2) is 22.9 Å². The average molecular weight is 440 g/mol. The van der Waals surface area contributed by atoms with E-state index in [1.165, 1.54) is 41.9 Å². The molecule has 4 aromatic rings. The summed E-state index contributed by atoms with van der Waals surface area (Å²) in [5.74, 6) is -1.74. The maximum absolute atomic E-state index is 13.3. The molecule has 30 heavy (non-hydrogen) atoms. The summed E-state index contributed by atoms with van der Waals surface area (Å²) in [6, 6.07) is 9.97. The van der Waals surface area contributed by atoms with E-state index in [9.17, 15) is 26.4 Å². The molecule has 2 aromatic heterocycles. The second-order valence-electron chi connectivity index (χ2n) is 6.53. The topological polar surface area (TPSA) is 99.1 Å². The van der Waals surface area contributed by atoms with E-state index in [2.05, 4.69) is 9.71 Å². The Bertz CT molecular complexity index is 1420. The Morgan fingerprint density at radius 3 is 2.60 bits per heavy atom. The minimum Gasteiger partial charge on any atom is -0.408 e. The number of hydrogen-bond donors (Lipinski definition) is 1. The van der Waals surface area contributed by atoms with Crippen LogP contribution in [0.3, 0.4) is 0 Å². The number of rotatable bonds is 5. The van der Waals surface area contributed by atoms with E-state index in [-0.39, 0.29) is 34.6 Å². The molecule has 0 radical (unpaired) electrons. The van der Waals surface area contributed by atoms with Gasteiger partial charge in [0.15, 0.2) is 5.58 Å². The van der Waals surface area contributed by atoms with E-state index in [1.54, 1.807) is 12.1 Å². The molecular weight excluding hydrogens is 425 g/mol. The second-order valence-corrected chi connectivity index (χ2v) is 8.29. The molecule has 0 aliphatic heterocycles. The number of aryl methyl sites for hydroxylation is 1. The van der Waals surface area contributed by atoms with Crippen molar-refractivity contribution in [1.82, 2.24) is 18.8 Å². The van der Waals surface area contributed by atoms with Gasteiger partial charge in [-0.3, -0.25) is 4.57 Å². The fourth-order valence-electron chi connectivity index (χ4n) is 3.17. The van der Waals surface area contributed by atoms with E-state index >= 15 is 0 Å². The molecule has 8 nitrogen and oxygen atoms in total. The Morgan fingerprint density at radius 1 is 1.13 bits per heavy atom. The lowest BCUT2D eigenvalue weighted by Crippen LogP contribution is -2.28.